The molecular formula is C14H26N4O. The minimum Gasteiger partial charge on any atom is -0.396 e. The summed E-state index contributed by atoms with van der Waals surface area (Å²) in [7, 11) is 0. The number of aryl methyl sites for hydroxylation is 1. The molecule has 5 nitrogen and oxygen atoms in total. The van der Waals surface area contributed by atoms with Crippen LogP contribution in [0.3, 0.4) is 0 Å². The van der Waals surface area contributed by atoms with E-state index < -0.39 is 0 Å². The van der Waals surface area contributed by atoms with Crippen molar-refractivity contribution < 1.29 is 5.11 Å². The van der Waals surface area contributed by atoms with Crippen molar-refractivity contribution in [2.24, 2.45) is 0 Å². The van der Waals surface area contributed by atoms with Crippen molar-refractivity contribution in [1.29, 1.82) is 0 Å². The van der Waals surface area contributed by atoms with E-state index >= 15 is 0 Å². The highest BCUT2D eigenvalue weighted by Crippen LogP contribution is 2.19. The number of unbranched alkanes of at least 4 members (excludes halogenated alkanes) is 2. The average molecular weight is 266 g/mol. The summed E-state index contributed by atoms with van der Waals surface area (Å²) in [4.78, 5) is 8.88. The maximum Gasteiger partial charge on any atom is 0.134 e. The van der Waals surface area contributed by atoms with Gasteiger partial charge in [0, 0.05) is 25.3 Å². The Labute approximate surface area is 115 Å². The molecule has 0 fully saturated rings. The molecule has 108 valence electrons. The first-order chi connectivity index (χ1) is 9.19. The maximum atomic E-state index is 8.73. The van der Waals surface area contributed by atoms with Crippen LogP contribution in [0.1, 0.15) is 44.0 Å². The molecule has 0 amide bonds. The lowest BCUT2D eigenvalue weighted by molar-refractivity contribution is 0.283. The van der Waals surface area contributed by atoms with E-state index in [1.807, 2.05) is 13.8 Å². The fourth-order valence-electron chi connectivity index (χ4n) is 1.84. The summed E-state index contributed by atoms with van der Waals surface area (Å²) in [5.74, 6) is 2.62. The van der Waals surface area contributed by atoms with Crippen molar-refractivity contribution in [3.8, 4) is 0 Å². The molecule has 1 aromatic rings. The molecule has 0 unspecified atom stereocenters. The number of hydrogen-bond acceptors (Lipinski definition) is 5. The highest BCUT2D eigenvalue weighted by molar-refractivity contribution is 5.57. The van der Waals surface area contributed by atoms with Crippen LogP contribution in [0.4, 0.5) is 11.6 Å². The number of nitrogens with zero attached hydrogens (tertiary/aromatic N) is 2. The van der Waals surface area contributed by atoms with Gasteiger partial charge in [-0.1, -0.05) is 6.92 Å². The summed E-state index contributed by atoms with van der Waals surface area (Å²) in [5.41, 5.74) is 1.07. The molecule has 0 aliphatic heterocycles. The van der Waals surface area contributed by atoms with Gasteiger partial charge in [-0.05, 0) is 39.5 Å². The average Bonchev–Trinajstić information content (AvgIpc) is 2.40. The fraction of sp³-hybridized carbons (Fsp3) is 0.714. The molecule has 0 bridgehead atoms. The van der Waals surface area contributed by atoms with Gasteiger partial charge in [-0.3, -0.25) is 0 Å². The van der Waals surface area contributed by atoms with Gasteiger partial charge in [0.25, 0.3) is 0 Å². The molecular weight excluding hydrogens is 240 g/mol. The molecule has 0 saturated carbocycles. The lowest BCUT2D eigenvalue weighted by Crippen LogP contribution is -2.11. The molecule has 0 aromatic carbocycles. The van der Waals surface area contributed by atoms with Crippen LogP contribution in [0.25, 0.3) is 0 Å². The minimum absolute atomic E-state index is 0.275. The Kier molecular flexibility index (Phi) is 7.18. The van der Waals surface area contributed by atoms with Gasteiger partial charge in [0.1, 0.15) is 17.5 Å². The predicted molar refractivity (Wildman–Crippen MR) is 79.7 cm³/mol. The molecule has 1 aromatic heterocycles. The van der Waals surface area contributed by atoms with Gasteiger partial charge in [0.05, 0.1) is 0 Å². The minimum atomic E-state index is 0.275. The molecule has 0 radical (unpaired) electrons. The van der Waals surface area contributed by atoms with Gasteiger partial charge in [-0.15, -0.1) is 0 Å². The summed E-state index contributed by atoms with van der Waals surface area (Å²) in [5, 5.41) is 15.4. The van der Waals surface area contributed by atoms with E-state index in [0.717, 1.165) is 61.8 Å². The predicted octanol–water partition coefficient (Wildman–Crippen LogP) is 2.49. The molecule has 0 spiro atoms. The van der Waals surface area contributed by atoms with Gasteiger partial charge >= 0.3 is 0 Å². The summed E-state index contributed by atoms with van der Waals surface area (Å²) >= 11 is 0. The first-order valence-corrected chi connectivity index (χ1v) is 7.12. The third kappa shape index (κ3) is 5.42. The molecule has 5 heteroatoms. The molecule has 0 saturated heterocycles. The Morgan fingerprint density at radius 1 is 0.947 bits per heavy atom. The highest BCUT2D eigenvalue weighted by atomic mass is 16.2. The third-order valence-corrected chi connectivity index (χ3v) is 2.93. The Morgan fingerprint density at radius 3 is 2.16 bits per heavy atom. The van der Waals surface area contributed by atoms with Crippen LogP contribution < -0.4 is 10.6 Å². The van der Waals surface area contributed by atoms with E-state index in [2.05, 4.69) is 27.5 Å². The molecule has 0 aliphatic rings. The Bertz CT molecular complexity index is 382. The van der Waals surface area contributed by atoms with Crippen LogP contribution in [0, 0.1) is 13.8 Å². The molecule has 19 heavy (non-hydrogen) atoms. The van der Waals surface area contributed by atoms with Crippen molar-refractivity contribution in [2.75, 3.05) is 30.3 Å². The highest BCUT2D eigenvalue weighted by Gasteiger charge is 2.08. The number of aliphatic hydroxyl groups excluding tert-OH is 1. The maximum absolute atomic E-state index is 8.73. The smallest absolute Gasteiger partial charge is 0.134 e. The lowest BCUT2D eigenvalue weighted by atomic mass is 10.2. The van der Waals surface area contributed by atoms with E-state index in [1.54, 1.807) is 0 Å². The van der Waals surface area contributed by atoms with Crippen LogP contribution in [-0.2, 0) is 0 Å². The van der Waals surface area contributed by atoms with Gasteiger partial charge in [0.2, 0.25) is 0 Å². The largest absolute Gasteiger partial charge is 0.396 e. The number of nitrogens with one attached hydrogen (secondary N) is 2. The van der Waals surface area contributed by atoms with Crippen molar-refractivity contribution in [1.82, 2.24) is 9.97 Å². The summed E-state index contributed by atoms with van der Waals surface area (Å²) in [6, 6.07) is 0. The van der Waals surface area contributed by atoms with Crippen LogP contribution >= 0.6 is 0 Å². The topological polar surface area (TPSA) is 70.1 Å². The van der Waals surface area contributed by atoms with E-state index in [4.69, 9.17) is 5.11 Å². The monoisotopic (exact) mass is 266 g/mol. The molecule has 3 N–H and O–H groups in total. The zero-order valence-electron chi connectivity index (χ0n) is 12.3. The van der Waals surface area contributed by atoms with Crippen molar-refractivity contribution in [3.05, 3.63) is 11.4 Å². The number of anilines is 2. The van der Waals surface area contributed by atoms with Crippen molar-refractivity contribution in [2.45, 2.75) is 46.5 Å². The zero-order chi connectivity index (χ0) is 14.1. The quantitative estimate of drug-likeness (QED) is 0.599. The number of aliphatic hydroxyl groups is 1. The lowest BCUT2D eigenvalue weighted by Gasteiger charge is -2.13. The van der Waals surface area contributed by atoms with E-state index in [-0.39, 0.29) is 6.61 Å². The summed E-state index contributed by atoms with van der Waals surface area (Å²) in [6.07, 6.45) is 4.02. The van der Waals surface area contributed by atoms with Gasteiger partial charge < -0.3 is 15.7 Å². The second-order valence-electron chi connectivity index (χ2n) is 4.73. The van der Waals surface area contributed by atoms with Crippen LogP contribution in [0.2, 0.25) is 0 Å². The molecule has 0 atom stereocenters. The number of hydrogen-bond donors (Lipinski definition) is 3. The SMILES string of the molecule is CCCNc1nc(C)nc(NCCCCCO)c1C. The van der Waals surface area contributed by atoms with Gasteiger partial charge in [0.15, 0.2) is 0 Å². The zero-order valence-corrected chi connectivity index (χ0v) is 12.3. The molecule has 1 heterocycles. The van der Waals surface area contributed by atoms with Crippen LogP contribution in [0.5, 0.6) is 0 Å². The number of aromatic nitrogens is 2. The third-order valence-electron chi connectivity index (χ3n) is 2.93. The number of rotatable bonds is 9. The van der Waals surface area contributed by atoms with E-state index in [9.17, 15) is 0 Å². The fourth-order valence-corrected chi connectivity index (χ4v) is 1.84. The van der Waals surface area contributed by atoms with Gasteiger partial charge in [-0.2, -0.15) is 0 Å². The Balaban J connectivity index is 2.58. The first-order valence-electron chi connectivity index (χ1n) is 7.12. The van der Waals surface area contributed by atoms with Crippen molar-refractivity contribution >= 4 is 11.6 Å². The second kappa shape index (κ2) is 8.69. The van der Waals surface area contributed by atoms with Gasteiger partial charge in [-0.25, -0.2) is 9.97 Å². The Morgan fingerprint density at radius 2 is 1.58 bits per heavy atom. The molecule has 1 rings (SSSR count). The standard InChI is InChI=1S/C14H26N4O/c1-4-8-15-13-11(2)14(18-12(3)17-13)16-9-6-5-7-10-19/h19H,4-10H2,1-3H3,(H2,15,16,17,18). The first kappa shape index (κ1) is 15.7. The van der Waals surface area contributed by atoms with Crippen LogP contribution in [-0.4, -0.2) is 34.8 Å². The van der Waals surface area contributed by atoms with Crippen LogP contribution in [0.15, 0.2) is 0 Å². The Hall–Kier alpha value is -1.36. The van der Waals surface area contributed by atoms with E-state index in [1.165, 1.54) is 0 Å². The van der Waals surface area contributed by atoms with E-state index in [0.29, 0.717) is 0 Å². The second-order valence-corrected chi connectivity index (χ2v) is 4.73. The normalized spacial score (nSPS) is 10.5. The summed E-state index contributed by atoms with van der Waals surface area (Å²) < 4.78 is 0. The van der Waals surface area contributed by atoms with Crippen molar-refractivity contribution in [3.63, 3.8) is 0 Å². The molecule has 0 aliphatic carbocycles. The summed E-state index contributed by atoms with van der Waals surface area (Å²) in [6.45, 7) is 8.16.